The van der Waals surface area contributed by atoms with E-state index in [0.717, 1.165) is 16.7 Å². The molecule has 0 aromatic heterocycles. The standard InChI is InChI=1S/C27H34N4O5S/c1-5-36-26(32)24-23(29(4)27(33)28-25(24)21-8-6-7-20(3)17-21)18-30-13-15-31(16-14-30)37(34,35)22-11-9-19(2)10-12-22/h6-12,17,25H,5,13-16,18H2,1-4H3,(H,28,33). The van der Waals surface area contributed by atoms with E-state index < -0.39 is 22.0 Å². The number of hydrogen-bond donors (Lipinski definition) is 1. The van der Waals surface area contributed by atoms with Gasteiger partial charge in [-0.3, -0.25) is 9.80 Å². The molecule has 2 aliphatic heterocycles. The van der Waals surface area contributed by atoms with Crippen LogP contribution in [0.5, 0.6) is 0 Å². The number of nitrogens with zero attached hydrogens (tertiary/aromatic N) is 3. The number of piperazine rings is 1. The number of carbonyl (C=O) groups excluding carboxylic acids is 2. The molecular weight excluding hydrogens is 492 g/mol. The SMILES string of the molecule is CCOC(=O)C1=C(CN2CCN(S(=O)(=O)c3ccc(C)cc3)CC2)N(C)C(=O)NC1c1cccc(C)c1. The molecule has 0 bridgehead atoms. The van der Waals surface area contributed by atoms with Crippen LogP contribution in [0, 0.1) is 13.8 Å². The van der Waals surface area contributed by atoms with Gasteiger partial charge in [-0.25, -0.2) is 18.0 Å². The Morgan fingerprint density at radius 3 is 2.32 bits per heavy atom. The fraction of sp³-hybridized carbons (Fsp3) is 0.407. The summed E-state index contributed by atoms with van der Waals surface area (Å²) >= 11 is 0. The number of hydrogen-bond acceptors (Lipinski definition) is 6. The number of benzene rings is 2. The lowest BCUT2D eigenvalue weighted by Crippen LogP contribution is -2.53. The summed E-state index contributed by atoms with van der Waals surface area (Å²) in [6.07, 6.45) is 0. The number of aryl methyl sites for hydroxylation is 2. The molecule has 0 spiro atoms. The number of urea groups is 1. The summed E-state index contributed by atoms with van der Waals surface area (Å²) < 4.78 is 33.1. The van der Waals surface area contributed by atoms with E-state index in [1.807, 2.05) is 38.1 Å². The summed E-state index contributed by atoms with van der Waals surface area (Å²) in [5.41, 5.74) is 3.77. The highest BCUT2D eigenvalue weighted by atomic mass is 32.2. The molecule has 2 aromatic rings. The highest BCUT2D eigenvalue weighted by Crippen LogP contribution is 2.32. The first kappa shape index (κ1) is 26.8. The van der Waals surface area contributed by atoms with E-state index in [0.29, 0.717) is 44.0 Å². The van der Waals surface area contributed by atoms with Crippen LogP contribution in [0.25, 0.3) is 0 Å². The van der Waals surface area contributed by atoms with E-state index >= 15 is 0 Å². The summed E-state index contributed by atoms with van der Waals surface area (Å²) in [5.74, 6) is -0.476. The van der Waals surface area contributed by atoms with Crippen molar-refractivity contribution in [3.63, 3.8) is 0 Å². The van der Waals surface area contributed by atoms with E-state index in [-0.39, 0.29) is 17.5 Å². The van der Waals surface area contributed by atoms with Gasteiger partial charge in [0, 0.05) is 45.5 Å². The molecule has 4 rings (SSSR count). The van der Waals surface area contributed by atoms with Crippen LogP contribution in [-0.2, 0) is 19.6 Å². The zero-order chi connectivity index (χ0) is 26.7. The van der Waals surface area contributed by atoms with Gasteiger partial charge in [0.15, 0.2) is 0 Å². The zero-order valence-corrected chi connectivity index (χ0v) is 22.5. The fourth-order valence-electron chi connectivity index (χ4n) is 4.70. The minimum atomic E-state index is -3.59. The van der Waals surface area contributed by atoms with Crippen molar-refractivity contribution in [2.45, 2.75) is 31.7 Å². The molecule has 1 fully saturated rings. The number of esters is 1. The van der Waals surface area contributed by atoms with E-state index in [4.69, 9.17) is 4.74 Å². The summed E-state index contributed by atoms with van der Waals surface area (Å²) in [6.45, 7) is 7.72. The smallest absolute Gasteiger partial charge is 0.338 e. The fourth-order valence-corrected chi connectivity index (χ4v) is 6.12. The van der Waals surface area contributed by atoms with E-state index in [1.54, 1.807) is 38.2 Å². The molecule has 198 valence electrons. The molecule has 1 unspecified atom stereocenters. The molecule has 2 amide bonds. The Kier molecular flexibility index (Phi) is 8.01. The van der Waals surface area contributed by atoms with E-state index in [2.05, 4.69) is 10.2 Å². The minimum Gasteiger partial charge on any atom is -0.463 e. The van der Waals surface area contributed by atoms with Crippen LogP contribution in [0.1, 0.15) is 29.7 Å². The van der Waals surface area contributed by atoms with Crippen molar-refractivity contribution < 1.29 is 22.7 Å². The second kappa shape index (κ2) is 11.0. The highest BCUT2D eigenvalue weighted by Gasteiger charge is 2.38. The van der Waals surface area contributed by atoms with Crippen molar-refractivity contribution in [1.82, 2.24) is 19.4 Å². The van der Waals surface area contributed by atoms with Crippen molar-refractivity contribution in [3.8, 4) is 0 Å². The number of likely N-dealkylation sites (N-methyl/N-ethyl adjacent to an activating group) is 1. The van der Waals surface area contributed by atoms with Crippen LogP contribution in [0.2, 0.25) is 0 Å². The molecule has 2 heterocycles. The quantitative estimate of drug-likeness (QED) is 0.557. The summed E-state index contributed by atoms with van der Waals surface area (Å²) in [5, 5.41) is 2.94. The van der Waals surface area contributed by atoms with Gasteiger partial charge in [-0.05, 0) is 38.5 Å². The number of nitrogens with one attached hydrogen (secondary N) is 1. The van der Waals surface area contributed by atoms with Crippen LogP contribution in [0.4, 0.5) is 4.79 Å². The molecule has 2 aliphatic rings. The Bertz CT molecular complexity index is 1300. The summed E-state index contributed by atoms with van der Waals surface area (Å²) in [7, 11) is -1.96. The second-order valence-electron chi connectivity index (χ2n) is 9.43. The lowest BCUT2D eigenvalue weighted by molar-refractivity contribution is -0.139. The molecule has 37 heavy (non-hydrogen) atoms. The third kappa shape index (κ3) is 5.71. The van der Waals surface area contributed by atoms with Gasteiger partial charge < -0.3 is 10.1 Å². The molecular formula is C27H34N4O5S. The van der Waals surface area contributed by atoms with Crippen molar-refractivity contribution in [3.05, 3.63) is 76.5 Å². The van der Waals surface area contributed by atoms with Crippen molar-refractivity contribution in [1.29, 1.82) is 0 Å². The molecule has 2 aromatic carbocycles. The number of rotatable bonds is 7. The van der Waals surface area contributed by atoms with Gasteiger partial charge in [0.2, 0.25) is 10.0 Å². The minimum absolute atomic E-state index is 0.212. The maximum atomic E-state index is 13.2. The van der Waals surface area contributed by atoms with Crippen molar-refractivity contribution in [2.75, 3.05) is 46.4 Å². The first-order chi connectivity index (χ1) is 17.6. The molecule has 0 aliphatic carbocycles. The average molecular weight is 527 g/mol. The lowest BCUT2D eigenvalue weighted by atomic mass is 9.93. The van der Waals surface area contributed by atoms with Crippen LogP contribution in [0.15, 0.2) is 64.7 Å². The number of sulfonamides is 1. The first-order valence-corrected chi connectivity index (χ1v) is 13.9. The van der Waals surface area contributed by atoms with Gasteiger partial charge in [0.05, 0.1) is 23.1 Å². The largest absolute Gasteiger partial charge is 0.463 e. The molecule has 9 nitrogen and oxygen atoms in total. The van der Waals surface area contributed by atoms with Gasteiger partial charge in [-0.15, -0.1) is 0 Å². The lowest BCUT2D eigenvalue weighted by Gasteiger charge is -2.39. The maximum Gasteiger partial charge on any atom is 0.338 e. The molecule has 1 saturated heterocycles. The van der Waals surface area contributed by atoms with Crippen molar-refractivity contribution >= 4 is 22.0 Å². The number of ether oxygens (including phenoxy) is 1. The van der Waals surface area contributed by atoms with Crippen LogP contribution < -0.4 is 5.32 Å². The first-order valence-electron chi connectivity index (χ1n) is 12.4. The molecule has 0 saturated carbocycles. The third-order valence-electron chi connectivity index (χ3n) is 6.81. The van der Waals surface area contributed by atoms with Crippen LogP contribution >= 0.6 is 0 Å². The Morgan fingerprint density at radius 2 is 1.70 bits per heavy atom. The molecule has 1 atom stereocenters. The monoisotopic (exact) mass is 526 g/mol. The van der Waals surface area contributed by atoms with E-state index in [1.165, 1.54) is 9.21 Å². The Labute approximate surface area is 218 Å². The second-order valence-corrected chi connectivity index (χ2v) is 11.4. The Balaban J connectivity index is 1.59. The number of amides is 2. The van der Waals surface area contributed by atoms with Gasteiger partial charge in [0.25, 0.3) is 0 Å². The molecule has 0 radical (unpaired) electrons. The average Bonchev–Trinajstić information content (AvgIpc) is 2.87. The van der Waals surface area contributed by atoms with Crippen LogP contribution in [0.3, 0.4) is 0 Å². The predicted octanol–water partition coefficient (Wildman–Crippen LogP) is 2.82. The zero-order valence-electron chi connectivity index (χ0n) is 21.7. The highest BCUT2D eigenvalue weighted by molar-refractivity contribution is 7.89. The van der Waals surface area contributed by atoms with Gasteiger partial charge in [-0.2, -0.15) is 4.31 Å². The summed E-state index contributed by atoms with van der Waals surface area (Å²) in [6, 6.07) is 13.6. The predicted molar refractivity (Wildman–Crippen MR) is 140 cm³/mol. The van der Waals surface area contributed by atoms with Crippen molar-refractivity contribution in [2.24, 2.45) is 0 Å². The summed E-state index contributed by atoms with van der Waals surface area (Å²) in [4.78, 5) is 29.9. The van der Waals surface area contributed by atoms with E-state index in [9.17, 15) is 18.0 Å². The Hall–Kier alpha value is -3.21. The van der Waals surface area contributed by atoms with Gasteiger partial charge >= 0.3 is 12.0 Å². The number of carbonyl (C=O) groups is 2. The van der Waals surface area contributed by atoms with Gasteiger partial charge in [0.1, 0.15) is 0 Å². The molecule has 1 N–H and O–H groups in total. The van der Waals surface area contributed by atoms with Crippen LogP contribution in [-0.4, -0.2) is 80.9 Å². The normalized spacial score (nSPS) is 19.6. The molecule has 10 heteroatoms. The van der Waals surface area contributed by atoms with Gasteiger partial charge in [-0.1, -0.05) is 47.5 Å². The topological polar surface area (TPSA) is 99.3 Å². The maximum absolute atomic E-state index is 13.2. The third-order valence-corrected chi connectivity index (χ3v) is 8.72. The Morgan fingerprint density at radius 1 is 1.03 bits per heavy atom.